The molecule has 7 heteroatoms. The first-order valence-electron chi connectivity index (χ1n) is 7.49. The Hall–Kier alpha value is -2.31. The molecule has 0 radical (unpaired) electrons. The van der Waals surface area contributed by atoms with Crippen LogP contribution in [0.25, 0.3) is 0 Å². The summed E-state index contributed by atoms with van der Waals surface area (Å²) in [4.78, 5) is 11.7. The minimum absolute atomic E-state index is 0.111. The molecule has 2 aromatic rings. The van der Waals surface area contributed by atoms with Gasteiger partial charge in [-0.1, -0.05) is 48.0 Å². The molecule has 2 aromatic carbocycles. The number of thiocarbonyl (C=S) groups is 1. The highest BCUT2D eigenvalue weighted by atomic mass is 35.5. The van der Waals surface area contributed by atoms with Crippen molar-refractivity contribution < 1.29 is 4.79 Å². The topological polar surface area (TPSA) is 65.2 Å². The molecule has 0 atom stereocenters. The van der Waals surface area contributed by atoms with Crippen LogP contribution in [0.3, 0.4) is 0 Å². The van der Waals surface area contributed by atoms with Crippen molar-refractivity contribution in [1.82, 2.24) is 16.2 Å². The monoisotopic (exact) mass is 362 g/mol. The summed E-state index contributed by atoms with van der Waals surface area (Å²) in [5.41, 5.74) is 7.20. The van der Waals surface area contributed by atoms with Gasteiger partial charge in [0.25, 0.3) is 5.91 Å². The van der Waals surface area contributed by atoms with Gasteiger partial charge in [0, 0.05) is 17.3 Å². The SMILES string of the molecule is O=C(CNc1cccc(Cl)c1)NNC(=S)NCCc1ccccc1. The minimum atomic E-state index is -0.234. The molecular weight excluding hydrogens is 344 g/mol. The Labute approximate surface area is 151 Å². The molecule has 0 aromatic heterocycles. The predicted octanol–water partition coefficient (Wildman–Crippen LogP) is 2.49. The zero-order chi connectivity index (χ0) is 17.2. The van der Waals surface area contributed by atoms with Crippen LogP contribution in [0, 0.1) is 0 Å². The van der Waals surface area contributed by atoms with Gasteiger partial charge in [-0.05, 0) is 42.4 Å². The van der Waals surface area contributed by atoms with Gasteiger partial charge in [0.05, 0.1) is 6.54 Å². The second kappa shape index (κ2) is 9.75. The molecule has 24 heavy (non-hydrogen) atoms. The fourth-order valence-corrected chi connectivity index (χ4v) is 2.30. The third-order valence-corrected chi connectivity index (χ3v) is 3.62. The van der Waals surface area contributed by atoms with Gasteiger partial charge in [0.2, 0.25) is 0 Å². The zero-order valence-electron chi connectivity index (χ0n) is 13.0. The van der Waals surface area contributed by atoms with Crippen LogP contribution < -0.4 is 21.5 Å². The van der Waals surface area contributed by atoms with Crippen molar-refractivity contribution in [3.8, 4) is 0 Å². The average molecular weight is 363 g/mol. The van der Waals surface area contributed by atoms with Crippen molar-refractivity contribution in [2.24, 2.45) is 0 Å². The standard InChI is InChI=1S/C17H19ClN4OS/c18-14-7-4-8-15(11-14)20-12-16(23)21-22-17(24)19-10-9-13-5-2-1-3-6-13/h1-8,11,20H,9-10,12H2,(H,21,23)(H2,19,22,24). The van der Waals surface area contributed by atoms with E-state index in [9.17, 15) is 4.79 Å². The number of rotatable bonds is 6. The van der Waals surface area contributed by atoms with Gasteiger partial charge in [0.1, 0.15) is 0 Å². The van der Waals surface area contributed by atoms with E-state index in [1.165, 1.54) is 5.56 Å². The molecule has 0 bridgehead atoms. The Kier molecular flexibility index (Phi) is 7.32. The first-order valence-corrected chi connectivity index (χ1v) is 8.28. The van der Waals surface area contributed by atoms with Crippen LogP contribution in [0.1, 0.15) is 5.56 Å². The van der Waals surface area contributed by atoms with Crippen molar-refractivity contribution in [1.29, 1.82) is 0 Å². The van der Waals surface area contributed by atoms with Crippen molar-refractivity contribution >= 4 is 40.5 Å². The lowest BCUT2D eigenvalue weighted by Crippen LogP contribution is -2.48. The van der Waals surface area contributed by atoms with E-state index in [4.69, 9.17) is 23.8 Å². The smallest absolute Gasteiger partial charge is 0.257 e. The van der Waals surface area contributed by atoms with Crippen molar-refractivity contribution in [2.75, 3.05) is 18.4 Å². The van der Waals surface area contributed by atoms with E-state index in [1.54, 1.807) is 12.1 Å². The largest absolute Gasteiger partial charge is 0.376 e. The molecule has 0 spiro atoms. The lowest BCUT2D eigenvalue weighted by molar-refractivity contribution is -0.119. The molecule has 4 N–H and O–H groups in total. The molecule has 126 valence electrons. The summed E-state index contributed by atoms with van der Waals surface area (Å²) in [6.07, 6.45) is 0.854. The molecule has 0 aliphatic rings. The molecular formula is C17H19ClN4OS. The molecule has 0 saturated heterocycles. The van der Waals surface area contributed by atoms with Crippen LogP contribution in [-0.4, -0.2) is 24.1 Å². The van der Waals surface area contributed by atoms with Crippen LogP contribution in [0.5, 0.6) is 0 Å². The van der Waals surface area contributed by atoms with Crippen LogP contribution in [0.4, 0.5) is 5.69 Å². The first-order chi connectivity index (χ1) is 11.6. The summed E-state index contributed by atoms with van der Waals surface area (Å²) in [5, 5.41) is 7.00. The van der Waals surface area contributed by atoms with E-state index < -0.39 is 0 Å². The maximum absolute atomic E-state index is 11.7. The highest BCUT2D eigenvalue weighted by Crippen LogP contribution is 2.14. The van der Waals surface area contributed by atoms with Gasteiger partial charge < -0.3 is 10.6 Å². The molecule has 0 unspecified atom stereocenters. The molecule has 1 amide bonds. The van der Waals surface area contributed by atoms with Crippen molar-refractivity contribution in [3.63, 3.8) is 0 Å². The molecule has 0 fully saturated rings. The zero-order valence-corrected chi connectivity index (χ0v) is 14.6. The number of anilines is 1. The fraction of sp³-hybridized carbons (Fsp3) is 0.176. The maximum atomic E-state index is 11.7. The number of hydrogen-bond donors (Lipinski definition) is 4. The van der Waals surface area contributed by atoms with E-state index in [2.05, 4.69) is 33.6 Å². The van der Waals surface area contributed by atoms with Crippen molar-refractivity contribution in [2.45, 2.75) is 6.42 Å². The number of hydrogen-bond acceptors (Lipinski definition) is 3. The normalized spacial score (nSPS) is 9.88. The molecule has 0 aliphatic heterocycles. The molecule has 0 saturated carbocycles. The third-order valence-electron chi connectivity index (χ3n) is 3.14. The quantitative estimate of drug-likeness (QED) is 0.469. The number of carbonyl (C=O) groups is 1. The second-order valence-corrected chi connectivity index (χ2v) is 5.87. The highest BCUT2D eigenvalue weighted by Gasteiger charge is 2.02. The summed E-state index contributed by atoms with van der Waals surface area (Å²) in [6.45, 7) is 0.798. The minimum Gasteiger partial charge on any atom is -0.376 e. The Morgan fingerprint density at radius 3 is 2.58 bits per heavy atom. The Morgan fingerprint density at radius 2 is 1.83 bits per heavy atom. The number of hydrazine groups is 1. The Morgan fingerprint density at radius 1 is 1.04 bits per heavy atom. The van der Waals surface area contributed by atoms with E-state index in [0.29, 0.717) is 16.7 Å². The molecule has 0 aliphatic carbocycles. The van der Waals surface area contributed by atoms with E-state index in [1.807, 2.05) is 30.3 Å². The van der Waals surface area contributed by atoms with Crippen LogP contribution in [0.15, 0.2) is 54.6 Å². The average Bonchev–Trinajstić information content (AvgIpc) is 2.59. The fourth-order valence-electron chi connectivity index (χ4n) is 1.96. The van der Waals surface area contributed by atoms with E-state index >= 15 is 0 Å². The maximum Gasteiger partial charge on any atom is 0.257 e. The van der Waals surface area contributed by atoms with Crippen LogP contribution in [-0.2, 0) is 11.2 Å². The van der Waals surface area contributed by atoms with Gasteiger partial charge in [-0.3, -0.25) is 15.6 Å². The van der Waals surface area contributed by atoms with Crippen LogP contribution in [0.2, 0.25) is 5.02 Å². The van der Waals surface area contributed by atoms with Crippen molar-refractivity contribution in [3.05, 3.63) is 65.2 Å². The lowest BCUT2D eigenvalue weighted by atomic mass is 10.1. The van der Waals surface area contributed by atoms with Crippen LogP contribution >= 0.6 is 23.8 Å². The molecule has 0 heterocycles. The summed E-state index contributed by atoms with van der Waals surface area (Å²) >= 11 is 11.0. The summed E-state index contributed by atoms with van der Waals surface area (Å²) < 4.78 is 0. The number of benzene rings is 2. The third kappa shape index (κ3) is 6.85. The van der Waals surface area contributed by atoms with Gasteiger partial charge in [-0.2, -0.15) is 0 Å². The summed E-state index contributed by atoms with van der Waals surface area (Å²) in [6, 6.07) is 17.3. The highest BCUT2D eigenvalue weighted by molar-refractivity contribution is 7.80. The Bertz CT molecular complexity index is 681. The van der Waals surface area contributed by atoms with Gasteiger partial charge in [0.15, 0.2) is 5.11 Å². The number of halogens is 1. The first kappa shape index (κ1) is 18.0. The number of nitrogens with one attached hydrogen (secondary N) is 4. The summed E-state index contributed by atoms with van der Waals surface area (Å²) in [5.74, 6) is -0.234. The molecule has 5 nitrogen and oxygen atoms in total. The number of amides is 1. The molecule has 2 rings (SSSR count). The van der Waals surface area contributed by atoms with Gasteiger partial charge in [-0.15, -0.1) is 0 Å². The van der Waals surface area contributed by atoms with Gasteiger partial charge in [-0.25, -0.2) is 0 Å². The van der Waals surface area contributed by atoms with E-state index in [-0.39, 0.29) is 12.5 Å². The predicted molar refractivity (Wildman–Crippen MR) is 102 cm³/mol. The number of carbonyl (C=O) groups excluding carboxylic acids is 1. The van der Waals surface area contributed by atoms with Gasteiger partial charge >= 0.3 is 0 Å². The Balaban J connectivity index is 1.60. The summed E-state index contributed by atoms with van der Waals surface area (Å²) in [7, 11) is 0. The second-order valence-electron chi connectivity index (χ2n) is 5.03. The van der Waals surface area contributed by atoms with E-state index in [0.717, 1.165) is 12.1 Å². The lowest BCUT2D eigenvalue weighted by Gasteiger charge is -2.12.